The van der Waals surface area contributed by atoms with Gasteiger partial charge in [0.2, 0.25) is 0 Å². The van der Waals surface area contributed by atoms with Gasteiger partial charge in [0.05, 0.1) is 19.1 Å². The summed E-state index contributed by atoms with van der Waals surface area (Å²) in [6.07, 6.45) is 5.85. The second-order valence-corrected chi connectivity index (χ2v) is 3.88. The molecule has 0 fully saturated rings. The topological polar surface area (TPSA) is 44.5 Å². The van der Waals surface area contributed by atoms with Crippen molar-refractivity contribution in [1.82, 2.24) is 0 Å². The van der Waals surface area contributed by atoms with Crippen molar-refractivity contribution in [2.45, 2.75) is 4.90 Å². The third kappa shape index (κ3) is 2.71. The number of benzene rings is 1. The van der Waals surface area contributed by atoms with Crippen molar-refractivity contribution in [2.24, 2.45) is 5.73 Å². The van der Waals surface area contributed by atoms with E-state index in [1.807, 2.05) is 30.5 Å². The average Bonchev–Trinajstić information content (AvgIpc) is 2.34. The summed E-state index contributed by atoms with van der Waals surface area (Å²) in [5, 5.41) is 0. The van der Waals surface area contributed by atoms with E-state index in [2.05, 4.69) is 0 Å². The fourth-order valence-corrected chi connectivity index (χ4v) is 2.19. The second-order valence-electron chi connectivity index (χ2n) is 3.06. The van der Waals surface area contributed by atoms with Gasteiger partial charge in [-0.25, -0.2) is 0 Å². The maximum Gasteiger partial charge on any atom is 0.143 e. The number of methoxy groups -OCH3 is 2. The molecule has 0 bridgehead atoms. The molecule has 0 radical (unpaired) electrons. The molecule has 0 aliphatic heterocycles. The molecule has 0 unspecified atom stereocenters. The molecule has 4 heteroatoms. The summed E-state index contributed by atoms with van der Waals surface area (Å²) < 4.78 is 10.7. The first-order valence-corrected chi connectivity index (χ1v) is 6.16. The molecule has 2 N–H and O–H groups in total. The molecule has 0 spiro atoms. The average molecular weight is 239 g/mol. The summed E-state index contributed by atoms with van der Waals surface area (Å²) in [5.41, 5.74) is 6.45. The SMILES string of the molecule is COc1ccc(/C=C/CN)c(OC)c1SC. The molecule has 1 aromatic carbocycles. The van der Waals surface area contributed by atoms with Crippen LogP contribution in [0.5, 0.6) is 11.5 Å². The zero-order valence-electron chi connectivity index (χ0n) is 9.82. The van der Waals surface area contributed by atoms with Crippen LogP contribution >= 0.6 is 11.8 Å². The van der Waals surface area contributed by atoms with Crippen LogP contribution < -0.4 is 15.2 Å². The Morgan fingerprint density at radius 3 is 2.56 bits per heavy atom. The van der Waals surface area contributed by atoms with Crippen LogP contribution in [0, 0.1) is 0 Å². The van der Waals surface area contributed by atoms with E-state index in [9.17, 15) is 0 Å². The Labute approximate surface area is 101 Å². The highest BCUT2D eigenvalue weighted by molar-refractivity contribution is 7.98. The lowest BCUT2D eigenvalue weighted by Crippen LogP contribution is -1.95. The molecule has 0 aromatic heterocycles. The van der Waals surface area contributed by atoms with Crippen molar-refractivity contribution < 1.29 is 9.47 Å². The summed E-state index contributed by atoms with van der Waals surface area (Å²) in [7, 11) is 3.32. The maximum absolute atomic E-state index is 5.44. The van der Waals surface area contributed by atoms with Gasteiger partial charge in [0.25, 0.3) is 0 Å². The molecule has 16 heavy (non-hydrogen) atoms. The minimum Gasteiger partial charge on any atom is -0.495 e. The van der Waals surface area contributed by atoms with E-state index in [-0.39, 0.29) is 0 Å². The number of ether oxygens (including phenoxy) is 2. The van der Waals surface area contributed by atoms with Crippen LogP contribution in [-0.2, 0) is 0 Å². The third-order valence-corrected chi connectivity index (χ3v) is 2.96. The first-order chi connectivity index (χ1) is 7.78. The molecule has 0 aliphatic rings. The Morgan fingerprint density at radius 1 is 1.31 bits per heavy atom. The molecule has 1 rings (SSSR count). The van der Waals surface area contributed by atoms with Crippen molar-refractivity contribution >= 4 is 17.8 Å². The fraction of sp³-hybridized carbons (Fsp3) is 0.333. The monoisotopic (exact) mass is 239 g/mol. The minimum atomic E-state index is 0.518. The summed E-state index contributed by atoms with van der Waals surface area (Å²) >= 11 is 1.60. The molecule has 0 saturated heterocycles. The standard InChI is InChI=1S/C12H17NO2S/c1-14-10-7-6-9(5-4-8-13)11(15-2)12(10)16-3/h4-7H,8,13H2,1-3H3/b5-4+. The van der Waals surface area contributed by atoms with Gasteiger partial charge >= 0.3 is 0 Å². The largest absolute Gasteiger partial charge is 0.495 e. The highest BCUT2D eigenvalue weighted by Crippen LogP contribution is 2.39. The van der Waals surface area contributed by atoms with Crippen LogP contribution in [0.1, 0.15) is 5.56 Å². The van der Waals surface area contributed by atoms with Gasteiger partial charge in [-0.2, -0.15) is 0 Å². The lowest BCUT2D eigenvalue weighted by molar-refractivity contribution is 0.376. The number of hydrogen-bond donors (Lipinski definition) is 1. The van der Waals surface area contributed by atoms with Crippen LogP contribution in [0.2, 0.25) is 0 Å². The van der Waals surface area contributed by atoms with Gasteiger partial charge in [-0.05, 0) is 18.4 Å². The van der Waals surface area contributed by atoms with E-state index in [0.717, 1.165) is 22.0 Å². The molecule has 0 saturated carbocycles. The van der Waals surface area contributed by atoms with Crippen molar-refractivity contribution in [3.63, 3.8) is 0 Å². The molecule has 3 nitrogen and oxygen atoms in total. The molecule has 88 valence electrons. The molecule has 0 atom stereocenters. The lowest BCUT2D eigenvalue weighted by atomic mass is 10.1. The molecule has 0 heterocycles. The van der Waals surface area contributed by atoms with Crippen LogP contribution in [0.3, 0.4) is 0 Å². The lowest BCUT2D eigenvalue weighted by Gasteiger charge is -2.13. The predicted molar refractivity (Wildman–Crippen MR) is 69.4 cm³/mol. The van der Waals surface area contributed by atoms with Gasteiger partial charge in [0.15, 0.2) is 0 Å². The Hall–Kier alpha value is -1.13. The molecular weight excluding hydrogens is 222 g/mol. The summed E-state index contributed by atoms with van der Waals surface area (Å²) in [5.74, 6) is 1.66. The Kier molecular flexibility index (Phi) is 5.22. The van der Waals surface area contributed by atoms with E-state index in [0.29, 0.717) is 6.54 Å². The maximum atomic E-state index is 5.44. The summed E-state index contributed by atoms with van der Waals surface area (Å²) in [6, 6.07) is 3.90. The van der Waals surface area contributed by atoms with Gasteiger partial charge < -0.3 is 15.2 Å². The predicted octanol–water partition coefficient (Wildman–Crippen LogP) is 2.40. The summed E-state index contributed by atoms with van der Waals surface area (Å²) in [6.45, 7) is 0.518. The highest BCUT2D eigenvalue weighted by Gasteiger charge is 2.12. The second kappa shape index (κ2) is 6.45. The number of thioether (sulfide) groups is 1. The first kappa shape index (κ1) is 12.9. The molecule has 0 aliphatic carbocycles. The smallest absolute Gasteiger partial charge is 0.143 e. The van der Waals surface area contributed by atoms with Crippen molar-refractivity contribution in [3.8, 4) is 11.5 Å². The summed E-state index contributed by atoms with van der Waals surface area (Å²) in [4.78, 5) is 1.00. The van der Waals surface area contributed by atoms with Gasteiger partial charge in [-0.1, -0.05) is 12.2 Å². The van der Waals surface area contributed by atoms with Gasteiger partial charge in [0.1, 0.15) is 11.5 Å². The van der Waals surface area contributed by atoms with Crippen LogP contribution in [-0.4, -0.2) is 27.0 Å². The Balaban J connectivity index is 3.25. The number of hydrogen-bond acceptors (Lipinski definition) is 4. The van der Waals surface area contributed by atoms with E-state index >= 15 is 0 Å². The van der Waals surface area contributed by atoms with Crippen molar-refractivity contribution in [1.29, 1.82) is 0 Å². The zero-order valence-corrected chi connectivity index (χ0v) is 10.6. The van der Waals surface area contributed by atoms with Crippen molar-refractivity contribution in [2.75, 3.05) is 27.0 Å². The fourth-order valence-electron chi connectivity index (χ4n) is 1.45. The zero-order chi connectivity index (χ0) is 12.0. The van der Waals surface area contributed by atoms with Crippen LogP contribution in [0.4, 0.5) is 0 Å². The van der Waals surface area contributed by atoms with Crippen LogP contribution in [0.15, 0.2) is 23.1 Å². The first-order valence-electron chi connectivity index (χ1n) is 4.94. The minimum absolute atomic E-state index is 0.518. The van der Waals surface area contributed by atoms with E-state index in [1.165, 1.54) is 0 Å². The van der Waals surface area contributed by atoms with E-state index in [1.54, 1.807) is 26.0 Å². The highest BCUT2D eigenvalue weighted by atomic mass is 32.2. The van der Waals surface area contributed by atoms with Gasteiger partial charge in [0, 0.05) is 12.1 Å². The van der Waals surface area contributed by atoms with E-state index < -0.39 is 0 Å². The van der Waals surface area contributed by atoms with Crippen LogP contribution in [0.25, 0.3) is 6.08 Å². The Morgan fingerprint density at radius 2 is 2.06 bits per heavy atom. The normalized spacial score (nSPS) is 10.8. The molecular formula is C12H17NO2S. The number of nitrogens with two attached hydrogens (primary N) is 1. The molecule has 1 aromatic rings. The number of rotatable bonds is 5. The van der Waals surface area contributed by atoms with Crippen molar-refractivity contribution in [3.05, 3.63) is 23.8 Å². The van der Waals surface area contributed by atoms with E-state index in [4.69, 9.17) is 15.2 Å². The quantitative estimate of drug-likeness (QED) is 0.801. The Bertz CT molecular complexity index is 378. The third-order valence-electron chi connectivity index (χ3n) is 2.17. The van der Waals surface area contributed by atoms with Gasteiger partial charge in [-0.3, -0.25) is 0 Å². The molecule has 0 amide bonds. The van der Waals surface area contributed by atoms with Gasteiger partial charge in [-0.15, -0.1) is 11.8 Å².